The van der Waals surface area contributed by atoms with Crippen LogP contribution in [0.25, 0.3) is 0 Å². The molecule has 0 bridgehead atoms. The predicted molar refractivity (Wildman–Crippen MR) is 134 cm³/mol. The molecule has 1 aliphatic heterocycles. The third kappa shape index (κ3) is 5.62. The number of aliphatic hydroxyl groups excluding tert-OH is 3. The SMILES string of the molecule is COCC(=O)N(CC1CCCCC1)C1C=C(C(=O)NCCO)C2c3cc(CO)cc(OC)c3OC2C1O. The third-order valence-electron chi connectivity index (χ3n) is 7.62. The Kier molecular flexibility index (Phi) is 9.07. The van der Waals surface area contributed by atoms with Crippen molar-refractivity contribution in [2.24, 2.45) is 5.92 Å². The van der Waals surface area contributed by atoms with Crippen LogP contribution in [-0.4, -0.2) is 90.8 Å². The van der Waals surface area contributed by atoms with Gasteiger partial charge in [0, 0.05) is 31.3 Å². The second kappa shape index (κ2) is 12.3. The highest BCUT2D eigenvalue weighted by atomic mass is 16.5. The molecule has 1 saturated carbocycles. The fraction of sp³-hybridized carbons (Fsp3) is 0.630. The Morgan fingerprint density at radius 3 is 2.57 bits per heavy atom. The van der Waals surface area contributed by atoms with E-state index in [9.17, 15) is 24.9 Å². The van der Waals surface area contributed by atoms with E-state index in [0.717, 1.165) is 25.7 Å². The van der Waals surface area contributed by atoms with Gasteiger partial charge in [0.15, 0.2) is 11.5 Å². The van der Waals surface area contributed by atoms with Gasteiger partial charge in [0.2, 0.25) is 11.8 Å². The third-order valence-corrected chi connectivity index (χ3v) is 7.62. The Morgan fingerprint density at radius 2 is 1.92 bits per heavy atom. The number of nitrogens with zero attached hydrogens (tertiary/aromatic N) is 1. The van der Waals surface area contributed by atoms with Gasteiger partial charge in [-0.15, -0.1) is 0 Å². The molecule has 0 radical (unpaired) electrons. The molecule has 37 heavy (non-hydrogen) atoms. The summed E-state index contributed by atoms with van der Waals surface area (Å²) in [4.78, 5) is 28.2. The highest BCUT2D eigenvalue weighted by molar-refractivity contribution is 5.96. The van der Waals surface area contributed by atoms with E-state index in [4.69, 9.17) is 14.2 Å². The lowest BCUT2D eigenvalue weighted by Gasteiger charge is -2.42. The summed E-state index contributed by atoms with van der Waals surface area (Å²) >= 11 is 0. The molecule has 4 N–H and O–H groups in total. The average Bonchev–Trinajstić information content (AvgIpc) is 3.31. The predicted octanol–water partition coefficient (Wildman–Crippen LogP) is 0.865. The van der Waals surface area contributed by atoms with E-state index in [1.807, 2.05) is 0 Å². The van der Waals surface area contributed by atoms with Crippen molar-refractivity contribution in [3.63, 3.8) is 0 Å². The molecule has 10 heteroatoms. The van der Waals surface area contributed by atoms with E-state index in [1.54, 1.807) is 23.1 Å². The largest absolute Gasteiger partial charge is 0.493 e. The molecule has 204 valence electrons. The summed E-state index contributed by atoms with van der Waals surface area (Å²) in [7, 11) is 2.94. The van der Waals surface area contributed by atoms with E-state index >= 15 is 0 Å². The van der Waals surface area contributed by atoms with Crippen molar-refractivity contribution in [3.8, 4) is 11.5 Å². The van der Waals surface area contributed by atoms with Gasteiger partial charge >= 0.3 is 0 Å². The lowest BCUT2D eigenvalue weighted by molar-refractivity contribution is -0.142. The quantitative estimate of drug-likeness (QED) is 0.358. The van der Waals surface area contributed by atoms with Gasteiger partial charge in [-0.05, 0) is 42.5 Å². The van der Waals surface area contributed by atoms with E-state index in [0.29, 0.717) is 40.7 Å². The molecule has 4 unspecified atom stereocenters. The van der Waals surface area contributed by atoms with Crippen LogP contribution in [0.3, 0.4) is 0 Å². The molecule has 4 atom stereocenters. The second-order valence-electron chi connectivity index (χ2n) is 10.0. The van der Waals surface area contributed by atoms with E-state index in [1.165, 1.54) is 20.6 Å². The van der Waals surface area contributed by atoms with Crippen LogP contribution in [0.15, 0.2) is 23.8 Å². The zero-order valence-electron chi connectivity index (χ0n) is 21.5. The lowest BCUT2D eigenvalue weighted by Crippen LogP contribution is -2.57. The van der Waals surface area contributed by atoms with Crippen molar-refractivity contribution in [3.05, 3.63) is 34.9 Å². The van der Waals surface area contributed by atoms with Crippen LogP contribution >= 0.6 is 0 Å². The molecule has 1 fully saturated rings. The maximum atomic E-state index is 13.3. The standard InChI is InChI=1S/C27H38N2O8/c1-35-15-22(32)29(13-16-6-4-3-5-7-16)20-12-19(27(34)28-8-9-30)23-18-10-17(14-31)11-21(36-2)25(18)37-26(23)24(20)33/h10-12,16,20,23-24,26,30-31,33H,3-9,13-15H2,1-2H3,(H,28,34). The molecular formula is C27H38N2O8. The minimum absolute atomic E-state index is 0.0584. The van der Waals surface area contributed by atoms with Crippen molar-refractivity contribution in [1.29, 1.82) is 0 Å². The van der Waals surface area contributed by atoms with Gasteiger partial charge in [0.25, 0.3) is 0 Å². The number of ether oxygens (including phenoxy) is 3. The number of aliphatic hydroxyl groups is 3. The summed E-state index contributed by atoms with van der Waals surface area (Å²) in [6, 6.07) is 2.60. The van der Waals surface area contributed by atoms with Crippen LogP contribution in [0.4, 0.5) is 0 Å². The van der Waals surface area contributed by atoms with Gasteiger partial charge < -0.3 is 39.7 Å². The number of benzene rings is 1. The Hall–Kier alpha value is -2.66. The Morgan fingerprint density at radius 1 is 1.16 bits per heavy atom. The van der Waals surface area contributed by atoms with Crippen molar-refractivity contribution in [2.45, 2.75) is 62.9 Å². The van der Waals surface area contributed by atoms with E-state index in [2.05, 4.69) is 5.32 Å². The molecule has 0 aromatic heterocycles. The molecule has 2 amide bonds. The molecule has 2 aliphatic carbocycles. The minimum Gasteiger partial charge on any atom is -0.493 e. The molecule has 0 saturated heterocycles. The highest BCUT2D eigenvalue weighted by Gasteiger charge is 2.51. The number of methoxy groups -OCH3 is 2. The number of nitrogens with one attached hydrogen (secondary N) is 1. The Balaban J connectivity index is 1.77. The topological polar surface area (TPSA) is 138 Å². The van der Waals surface area contributed by atoms with Gasteiger partial charge in [-0.3, -0.25) is 9.59 Å². The first-order chi connectivity index (χ1) is 17.9. The van der Waals surface area contributed by atoms with Crippen LogP contribution in [-0.2, 0) is 20.9 Å². The van der Waals surface area contributed by atoms with Crippen molar-refractivity contribution < 1.29 is 39.1 Å². The molecular weight excluding hydrogens is 480 g/mol. The maximum Gasteiger partial charge on any atom is 0.249 e. The summed E-state index contributed by atoms with van der Waals surface area (Å²) < 4.78 is 16.9. The van der Waals surface area contributed by atoms with E-state index < -0.39 is 30.1 Å². The van der Waals surface area contributed by atoms with E-state index in [-0.39, 0.29) is 32.3 Å². The first kappa shape index (κ1) is 27.4. The number of fused-ring (bicyclic) bond motifs is 3. The van der Waals surface area contributed by atoms with Crippen LogP contribution in [0.2, 0.25) is 0 Å². The van der Waals surface area contributed by atoms with Crippen LogP contribution in [0, 0.1) is 5.92 Å². The number of hydrogen-bond donors (Lipinski definition) is 4. The summed E-state index contributed by atoms with van der Waals surface area (Å²) in [6.07, 6.45) is 5.06. The maximum absolute atomic E-state index is 13.3. The fourth-order valence-corrected chi connectivity index (χ4v) is 5.86. The molecule has 0 spiro atoms. The zero-order valence-corrected chi connectivity index (χ0v) is 21.5. The minimum atomic E-state index is -1.13. The summed E-state index contributed by atoms with van der Waals surface area (Å²) in [5.41, 5.74) is 1.54. The van der Waals surface area contributed by atoms with Crippen LogP contribution in [0.1, 0.15) is 49.1 Å². The van der Waals surface area contributed by atoms with Gasteiger partial charge in [-0.25, -0.2) is 0 Å². The average molecular weight is 519 g/mol. The smallest absolute Gasteiger partial charge is 0.249 e. The number of amides is 2. The van der Waals surface area contributed by atoms with Gasteiger partial charge in [0.1, 0.15) is 18.8 Å². The zero-order chi connectivity index (χ0) is 26.5. The summed E-state index contributed by atoms with van der Waals surface area (Å²) in [5.74, 6) is -0.232. The first-order valence-corrected chi connectivity index (χ1v) is 13.0. The van der Waals surface area contributed by atoms with Crippen molar-refractivity contribution in [2.75, 3.05) is 40.5 Å². The fourth-order valence-electron chi connectivity index (χ4n) is 5.86. The summed E-state index contributed by atoms with van der Waals surface area (Å²) in [6.45, 7) is -0.0899. The number of carbonyl (C=O) groups is 2. The highest BCUT2D eigenvalue weighted by Crippen LogP contribution is 2.51. The molecule has 1 aromatic rings. The second-order valence-corrected chi connectivity index (χ2v) is 10.0. The number of carbonyl (C=O) groups excluding carboxylic acids is 2. The lowest BCUT2D eigenvalue weighted by atomic mass is 9.77. The normalized spacial score (nSPS) is 24.9. The molecule has 10 nitrogen and oxygen atoms in total. The molecule has 3 aliphatic rings. The van der Waals surface area contributed by atoms with Crippen molar-refractivity contribution >= 4 is 11.8 Å². The monoisotopic (exact) mass is 518 g/mol. The first-order valence-electron chi connectivity index (χ1n) is 13.0. The van der Waals surface area contributed by atoms with Crippen LogP contribution in [0.5, 0.6) is 11.5 Å². The Bertz CT molecular complexity index is 1010. The van der Waals surface area contributed by atoms with Gasteiger partial charge in [-0.1, -0.05) is 19.3 Å². The molecule has 1 aromatic carbocycles. The molecule has 4 rings (SSSR count). The number of rotatable bonds is 10. The van der Waals surface area contributed by atoms with Crippen LogP contribution < -0.4 is 14.8 Å². The Labute approximate surface area is 217 Å². The summed E-state index contributed by atoms with van der Waals surface area (Å²) in [5, 5.41) is 33.4. The van der Waals surface area contributed by atoms with Crippen molar-refractivity contribution in [1.82, 2.24) is 10.2 Å². The number of hydrogen-bond acceptors (Lipinski definition) is 8. The van der Waals surface area contributed by atoms with Gasteiger partial charge in [-0.2, -0.15) is 0 Å². The molecule has 1 heterocycles. The van der Waals surface area contributed by atoms with Gasteiger partial charge in [0.05, 0.1) is 32.3 Å².